The quantitative estimate of drug-likeness (QED) is 0.861. The van der Waals surface area contributed by atoms with Gasteiger partial charge in [0.25, 0.3) is 0 Å². The number of aliphatic hydroxyl groups is 1. The molecule has 0 aliphatic heterocycles. The lowest BCUT2D eigenvalue weighted by Crippen LogP contribution is -2.27. The summed E-state index contributed by atoms with van der Waals surface area (Å²) in [4.78, 5) is 12.0. The Bertz CT molecular complexity index is 632. The molecule has 0 atom stereocenters. The van der Waals surface area contributed by atoms with Crippen LogP contribution in [-0.4, -0.2) is 17.6 Å². The second-order valence-electron chi connectivity index (χ2n) is 5.68. The van der Waals surface area contributed by atoms with Gasteiger partial charge in [-0.3, -0.25) is 4.79 Å². The van der Waals surface area contributed by atoms with Gasteiger partial charge >= 0.3 is 0 Å². The highest BCUT2D eigenvalue weighted by Crippen LogP contribution is 2.11. The first-order chi connectivity index (χ1) is 10.6. The first-order valence-electron chi connectivity index (χ1n) is 7.60. The summed E-state index contributed by atoms with van der Waals surface area (Å²) in [5, 5.41) is 12.0. The van der Waals surface area contributed by atoms with Crippen LogP contribution in [0.15, 0.2) is 42.5 Å². The van der Waals surface area contributed by atoms with E-state index in [1.54, 1.807) is 0 Å². The highest BCUT2D eigenvalue weighted by molar-refractivity contribution is 5.79. The summed E-state index contributed by atoms with van der Waals surface area (Å²) in [6.07, 6.45) is 1.22. The van der Waals surface area contributed by atoms with E-state index in [4.69, 9.17) is 5.11 Å². The Labute approximate surface area is 132 Å². The summed E-state index contributed by atoms with van der Waals surface area (Å²) in [5.41, 5.74) is 5.48. The summed E-state index contributed by atoms with van der Waals surface area (Å²) >= 11 is 0. The summed E-state index contributed by atoms with van der Waals surface area (Å²) < 4.78 is 0. The van der Waals surface area contributed by atoms with Crippen LogP contribution < -0.4 is 5.32 Å². The number of hydrogen-bond donors (Lipinski definition) is 2. The molecule has 0 saturated heterocycles. The Kier molecular flexibility index (Phi) is 5.73. The molecule has 3 heteroatoms. The summed E-state index contributed by atoms with van der Waals surface area (Å²) in [6, 6.07) is 14.0. The minimum absolute atomic E-state index is 0.0562. The Morgan fingerprint density at radius 2 is 1.73 bits per heavy atom. The second-order valence-corrected chi connectivity index (χ2v) is 5.68. The van der Waals surface area contributed by atoms with Gasteiger partial charge in [-0.1, -0.05) is 48.0 Å². The maximum Gasteiger partial charge on any atom is 0.224 e. The zero-order valence-corrected chi connectivity index (χ0v) is 13.2. The number of rotatable bonds is 6. The SMILES string of the molecule is Cc1ccc(C)c(CC(=O)NCCc2ccc(CO)cc2)c1. The Morgan fingerprint density at radius 1 is 1.05 bits per heavy atom. The van der Waals surface area contributed by atoms with Gasteiger partial charge in [0.2, 0.25) is 5.91 Å². The van der Waals surface area contributed by atoms with Gasteiger partial charge in [-0.15, -0.1) is 0 Å². The molecule has 0 aromatic heterocycles. The first kappa shape index (κ1) is 16.2. The van der Waals surface area contributed by atoms with Crippen LogP contribution in [0.2, 0.25) is 0 Å². The fraction of sp³-hybridized carbons (Fsp3) is 0.316. The van der Waals surface area contributed by atoms with E-state index in [1.165, 1.54) is 5.56 Å². The summed E-state index contributed by atoms with van der Waals surface area (Å²) in [6.45, 7) is 4.76. The standard InChI is InChI=1S/C19H23NO2/c1-14-3-4-15(2)18(11-14)12-19(22)20-10-9-16-5-7-17(13-21)8-6-16/h3-8,11,21H,9-10,12-13H2,1-2H3,(H,20,22). The maximum absolute atomic E-state index is 12.0. The van der Waals surface area contributed by atoms with Crippen LogP contribution in [0.3, 0.4) is 0 Å². The molecule has 0 aliphatic rings. The molecule has 0 unspecified atom stereocenters. The van der Waals surface area contributed by atoms with Crippen LogP contribution in [0.5, 0.6) is 0 Å². The van der Waals surface area contributed by atoms with Crippen LogP contribution >= 0.6 is 0 Å². The normalized spacial score (nSPS) is 10.5. The smallest absolute Gasteiger partial charge is 0.224 e. The third-order valence-corrected chi connectivity index (χ3v) is 3.80. The third kappa shape index (κ3) is 4.71. The number of carbonyl (C=O) groups is 1. The van der Waals surface area contributed by atoms with Crippen molar-refractivity contribution in [2.75, 3.05) is 6.54 Å². The van der Waals surface area contributed by atoms with Crippen LogP contribution in [0.1, 0.15) is 27.8 Å². The molecule has 0 bridgehead atoms. The van der Waals surface area contributed by atoms with Gasteiger partial charge in [-0.05, 0) is 42.5 Å². The molecular formula is C19H23NO2. The zero-order chi connectivity index (χ0) is 15.9. The minimum Gasteiger partial charge on any atom is -0.392 e. The average molecular weight is 297 g/mol. The van der Waals surface area contributed by atoms with Crippen molar-refractivity contribution in [3.63, 3.8) is 0 Å². The van der Waals surface area contributed by atoms with Gasteiger partial charge < -0.3 is 10.4 Å². The van der Waals surface area contributed by atoms with Crippen molar-refractivity contribution < 1.29 is 9.90 Å². The van der Waals surface area contributed by atoms with Gasteiger partial charge in [0.05, 0.1) is 13.0 Å². The van der Waals surface area contributed by atoms with E-state index in [9.17, 15) is 4.79 Å². The van der Waals surface area contributed by atoms with Crippen molar-refractivity contribution in [2.24, 2.45) is 0 Å². The first-order valence-corrected chi connectivity index (χ1v) is 7.60. The highest BCUT2D eigenvalue weighted by atomic mass is 16.3. The second kappa shape index (κ2) is 7.76. The van der Waals surface area contributed by atoms with Gasteiger partial charge in [-0.25, -0.2) is 0 Å². The predicted molar refractivity (Wildman–Crippen MR) is 88.7 cm³/mol. The number of aryl methyl sites for hydroxylation is 2. The highest BCUT2D eigenvalue weighted by Gasteiger charge is 2.06. The summed E-state index contributed by atoms with van der Waals surface area (Å²) in [5.74, 6) is 0.0562. The lowest BCUT2D eigenvalue weighted by molar-refractivity contribution is -0.120. The fourth-order valence-corrected chi connectivity index (χ4v) is 2.38. The van der Waals surface area contributed by atoms with Crippen molar-refractivity contribution in [1.29, 1.82) is 0 Å². The molecule has 116 valence electrons. The number of amides is 1. The number of carbonyl (C=O) groups excluding carboxylic acids is 1. The topological polar surface area (TPSA) is 49.3 Å². The Morgan fingerprint density at radius 3 is 2.41 bits per heavy atom. The number of hydrogen-bond acceptors (Lipinski definition) is 2. The molecule has 22 heavy (non-hydrogen) atoms. The van der Waals surface area contributed by atoms with E-state index in [0.29, 0.717) is 13.0 Å². The van der Waals surface area contributed by atoms with E-state index in [0.717, 1.165) is 28.7 Å². The molecule has 0 heterocycles. The third-order valence-electron chi connectivity index (χ3n) is 3.80. The van der Waals surface area contributed by atoms with Crippen LogP contribution in [-0.2, 0) is 24.2 Å². The van der Waals surface area contributed by atoms with E-state index in [-0.39, 0.29) is 12.5 Å². The lowest BCUT2D eigenvalue weighted by atomic mass is 10.0. The zero-order valence-electron chi connectivity index (χ0n) is 13.2. The van der Waals surface area contributed by atoms with Crippen molar-refractivity contribution >= 4 is 5.91 Å². The number of aliphatic hydroxyl groups excluding tert-OH is 1. The van der Waals surface area contributed by atoms with Crippen LogP contribution in [0, 0.1) is 13.8 Å². The molecule has 2 aromatic rings. The minimum atomic E-state index is 0.0562. The van der Waals surface area contributed by atoms with Crippen molar-refractivity contribution in [1.82, 2.24) is 5.32 Å². The van der Waals surface area contributed by atoms with Crippen molar-refractivity contribution in [2.45, 2.75) is 33.3 Å². The van der Waals surface area contributed by atoms with E-state index in [2.05, 4.69) is 23.5 Å². The lowest BCUT2D eigenvalue weighted by Gasteiger charge is -2.09. The van der Waals surface area contributed by atoms with Gasteiger partial charge in [0.15, 0.2) is 0 Å². The molecule has 0 fully saturated rings. The molecule has 2 rings (SSSR count). The molecule has 0 saturated carbocycles. The van der Waals surface area contributed by atoms with Crippen LogP contribution in [0.4, 0.5) is 0 Å². The molecule has 0 spiro atoms. The van der Waals surface area contributed by atoms with E-state index < -0.39 is 0 Å². The molecule has 1 amide bonds. The average Bonchev–Trinajstić information content (AvgIpc) is 2.51. The Balaban J connectivity index is 1.81. The fourth-order valence-electron chi connectivity index (χ4n) is 2.38. The van der Waals surface area contributed by atoms with Gasteiger partial charge in [0.1, 0.15) is 0 Å². The molecule has 2 aromatic carbocycles. The molecular weight excluding hydrogens is 274 g/mol. The van der Waals surface area contributed by atoms with Crippen molar-refractivity contribution in [3.8, 4) is 0 Å². The molecule has 0 radical (unpaired) electrons. The maximum atomic E-state index is 12.0. The number of benzene rings is 2. The molecule has 0 aliphatic carbocycles. The predicted octanol–water partition coefficient (Wildman–Crippen LogP) is 2.70. The number of nitrogens with one attached hydrogen (secondary N) is 1. The summed E-state index contributed by atoms with van der Waals surface area (Å²) in [7, 11) is 0. The molecule has 2 N–H and O–H groups in total. The van der Waals surface area contributed by atoms with E-state index in [1.807, 2.05) is 38.1 Å². The molecule has 3 nitrogen and oxygen atoms in total. The largest absolute Gasteiger partial charge is 0.392 e. The van der Waals surface area contributed by atoms with Gasteiger partial charge in [-0.2, -0.15) is 0 Å². The van der Waals surface area contributed by atoms with E-state index >= 15 is 0 Å². The van der Waals surface area contributed by atoms with Crippen LogP contribution in [0.25, 0.3) is 0 Å². The Hall–Kier alpha value is -2.13. The monoisotopic (exact) mass is 297 g/mol. The van der Waals surface area contributed by atoms with Gasteiger partial charge in [0, 0.05) is 6.54 Å². The van der Waals surface area contributed by atoms with Crippen molar-refractivity contribution in [3.05, 3.63) is 70.3 Å².